The molecule has 1 saturated heterocycles. The largest absolute Gasteiger partial charge is 0.349 e. The van der Waals surface area contributed by atoms with Gasteiger partial charge in [0.15, 0.2) is 0 Å². The maximum atomic E-state index is 12.2. The molecule has 0 aliphatic carbocycles. The Morgan fingerprint density at radius 1 is 1.52 bits per heavy atom. The van der Waals surface area contributed by atoms with E-state index in [-0.39, 0.29) is 5.91 Å². The minimum Gasteiger partial charge on any atom is -0.349 e. The molecule has 0 bridgehead atoms. The molecule has 21 heavy (non-hydrogen) atoms. The number of likely N-dealkylation sites (N-methyl/N-ethyl adjacent to an activating group) is 1. The summed E-state index contributed by atoms with van der Waals surface area (Å²) in [5.74, 6) is -0.0583. The molecular weight excluding hydrogens is 302 g/mol. The summed E-state index contributed by atoms with van der Waals surface area (Å²) in [6.45, 7) is 5.10. The molecule has 0 aromatic carbocycles. The van der Waals surface area contributed by atoms with E-state index in [9.17, 15) is 4.79 Å². The molecule has 112 valence electrons. The molecule has 6 heteroatoms. The second-order valence-corrected chi connectivity index (χ2v) is 6.96. The van der Waals surface area contributed by atoms with Crippen molar-refractivity contribution in [1.82, 2.24) is 15.2 Å². The van der Waals surface area contributed by atoms with E-state index in [0.29, 0.717) is 11.7 Å². The van der Waals surface area contributed by atoms with Gasteiger partial charge in [-0.3, -0.25) is 9.69 Å². The summed E-state index contributed by atoms with van der Waals surface area (Å²) in [4.78, 5) is 20.2. The highest BCUT2D eigenvalue weighted by molar-refractivity contribution is 7.20. The van der Waals surface area contributed by atoms with Crippen LogP contribution < -0.4 is 5.32 Å². The molecule has 1 atom stereocenters. The normalized spacial score (nSPS) is 19.0. The predicted octanol–water partition coefficient (Wildman–Crippen LogP) is 3.09. The molecule has 2 aromatic rings. The van der Waals surface area contributed by atoms with Gasteiger partial charge in [-0.05, 0) is 37.4 Å². The third-order valence-corrected chi connectivity index (χ3v) is 5.75. The summed E-state index contributed by atoms with van der Waals surface area (Å²) >= 11 is 3.17. The number of amides is 1. The predicted molar refractivity (Wildman–Crippen MR) is 88.0 cm³/mol. The average molecular weight is 321 g/mol. The monoisotopic (exact) mass is 321 g/mol. The van der Waals surface area contributed by atoms with Crippen LogP contribution in [0.2, 0.25) is 0 Å². The number of carbonyl (C=O) groups excluding carboxylic acids is 1. The average Bonchev–Trinajstić information content (AvgIpc) is 3.24. The highest BCUT2D eigenvalue weighted by Crippen LogP contribution is 2.27. The lowest BCUT2D eigenvalue weighted by molar-refractivity contribution is 0.0937. The molecule has 0 saturated carbocycles. The highest BCUT2D eigenvalue weighted by Gasteiger charge is 2.23. The Bertz CT molecular complexity index is 594. The topological polar surface area (TPSA) is 45.2 Å². The van der Waals surface area contributed by atoms with Crippen molar-refractivity contribution in [2.75, 3.05) is 19.6 Å². The van der Waals surface area contributed by atoms with Gasteiger partial charge >= 0.3 is 0 Å². The van der Waals surface area contributed by atoms with Gasteiger partial charge in [-0.1, -0.05) is 13.0 Å². The van der Waals surface area contributed by atoms with E-state index in [1.54, 1.807) is 11.3 Å². The summed E-state index contributed by atoms with van der Waals surface area (Å²) in [5.41, 5.74) is 0.532. The Morgan fingerprint density at radius 3 is 3.19 bits per heavy atom. The minimum atomic E-state index is -0.0583. The lowest BCUT2D eigenvalue weighted by Crippen LogP contribution is -2.40. The van der Waals surface area contributed by atoms with E-state index in [4.69, 9.17) is 0 Å². The molecule has 4 nitrogen and oxygen atoms in total. The van der Waals surface area contributed by atoms with Crippen LogP contribution in [-0.4, -0.2) is 41.5 Å². The molecule has 1 unspecified atom stereocenters. The van der Waals surface area contributed by atoms with Gasteiger partial charge in [0.25, 0.3) is 5.91 Å². The third-order valence-electron chi connectivity index (χ3n) is 3.87. The van der Waals surface area contributed by atoms with E-state index >= 15 is 0 Å². The van der Waals surface area contributed by atoms with Crippen molar-refractivity contribution >= 4 is 28.6 Å². The van der Waals surface area contributed by atoms with Gasteiger partial charge in [-0.2, -0.15) is 0 Å². The maximum Gasteiger partial charge on any atom is 0.270 e. The van der Waals surface area contributed by atoms with Crippen molar-refractivity contribution < 1.29 is 4.79 Å². The molecule has 3 heterocycles. The Morgan fingerprint density at radius 2 is 2.43 bits per heavy atom. The zero-order valence-corrected chi connectivity index (χ0v) is 13.7. The van der Waals surface area contributed by atoms with Crippen molar-refractivity contribution in [3.8, 4) is 9.88 Å². The first-order chi connectivity index (χ1) is 10.3. The Balaban J connectivity index is 1.58. The fraction of sp³-hybridized carbons (Fsp3) is 0.467. The summed E-state index contributed by atoms with van der Waals surface area (Å²) in [6.07, 6.45) is 2.40. The van der Waals surface area contributed by atoms with E-state index < -0.39 is 0 Å². The van der Waals surface area contributed by atoms with Gasteiger partial charge in [-0.25, -0.2) is 4.98 Å². The lowest BCUT2D eigenvalue weighted by Gasteiger charge is -2.22. The molecule has 0 radical (unpaired) electrons. The first-order valence-electron chi connectivity index (χ1n) is 7.29. The van der Waals surface area contributed by atoms with Crippen molar-refractivity contribution in [2.45, 2.75) is 25.8 Å². The molecule has 1 N–H and O–H groups in total. The third kappa shape index (κ3) is 3.33. The van der Waals surface area contributed by atoms with Crippen molar-refractivity contribution in [2.24, 2.45) is 0 Å². The van der Waals surface area contributed by atoms with Crippen LogP contribution >= 0.6 is 22.7 Å². The lowest BCUT2D eigenvalue weighted by atomic mass is 10.2. The first-order valence-corrected chi connectivity index (χ1v) is 9.05. The molecule has 0 spiro atoms. The van der Waals surface area contributed by atoms with Crippen LogP contribution in [0, 0.1) is 0 Å². The van der Waals surface area contributed by atoms with Crippen molar-refractivity contribution in [3.63, 3.8) is 0 Å². The van der Waals surface area contributed by atoms with Crippen LogP contribution in [-0.2, 0) is 0 Å². The van der Waals surface area contributed by atoms with Crippen LogP contribution in [0.1, 0.15) is 30.3 Å². The van der Waals surface area contributed by atoms with Crippen LogP contribution in [0.5, 0.6) is 0 Å². The van der Waals surface area contributed by atoms with Crippen LogP contribution in [0.3, 0.4) is 0 Å². The molecule has 2 aromatic heterocycles. The maximum absolute atomic E-state index is 12.2. The van der Waals surface area contributed by atoms with Gasteiger partial charge in [0.05, 0.1) is 4.88 Å². The second-order valence-electron chi connectivity index (χ2n) is 5.15. The van der Waals surface area contributed by atoms with E-state index in [1.165, 1.54) is 24.2 Å². The number of thiazole rings is 1. The Labute approximate surface area is 132 Å². The summed E-state index contributed by atoms with van der Waals surface area (Å²) < 4.78 is 0. The Hall–Kier alpha value is -1.24. The zero-order valence-electron chi connectivity index (χ0n) is 12.0. The molecule has 1 aliphatic rings. The number of likely N-dealkylation sites (tertiary alicyclic amines) is 1. The number of thiophene rings is 1. The first kappa shape index (κ1) is 14.7. The number of nitrogens with zero attached hydrogens (tertiary/aromatic N) is 2. The minimum absolute atomic E-state index is 0.0583. The molecule has 1 fully saturated rings. The van der Waals surface area contributed by atoms with Gasteiger partial charge in [0, 0.05) is 18.0 Å². The van der Waals surface area contributed by atoms with Crippen LogP contribution in [0.15, 0.2) is 22.9 Å². The number of rotatable bonds is 5. The fourth-order valence-electron chi connectivity index (χ4n) is 2.74. The number of aromatic nitrogens is 1. The van der Waals surface area contributed by atoms with Gasteiger partial charge in [0.1, 0.15) is 10.7 Å². The SMILES string of the molecule is CCN1CCCC1CNC(=O)c1csc(-c2cccs2)n1. The van der Waals surface area contributed by atoms with E-state index in [2.05, 4.69) is 22.1 Å². The standard InChI is InChI=1S/C15H19N3OS2/c1-2-18-7-3-5-11(18)9-16-14(19)12-10-21-15(17-12)13-6-4-8-20-13/h4,6,8,10-11H,2-3,5,7,9H2,1H3,(H,16,19). The van der Waals surface area contributed by atoms with Crippen LogP contribution in [0.25, 0.3) is 9.88 Å². The molecule has 1 amide bonds. The smallest absolute Gasteiger partial charge is 0.270 e. The number of hydrogen-bond acceptors (Lipinski definition) is 5. The second kappa shape index (κ2) is 6.68. The molecule has 3 rings (SSSR count). The van der Waals surface area contributed by atoms with Crippen LogP contribution in [0.4, 0.5) is 0 Å². The molecule has 1 aliphatic heterocycles. The van der Waals surface area contributed by atoms with E-state index in [1.807, 2.05) is 22.9 Å². The van der Waals surface area contributed by atoms with Gasteiger partial charge < -0.3 is 5.32 Å². The van der Waals surface area contributed by atoms with Crippen molar-refractivity contribution in [1.29, 1.82) is 0 Å². The number of hydrogen-bond donors (Lipinski definition) is 1. The van der Waals surface area contributed by atoms with Gasteiger partial charge in [-0.15, -0.1) is 22.7 Å². The quantitative estimate of drug-likeness (QED) is 0.920. The van der Waals surface area contributed by atoms with Gasteiger partial charge in [0.2, 0.25) is 0 Å². The summed E-state index contributed by atoms with van der Waals surface area (Å²) in [5, 5.41) is 7.82. The summed E-state index contributed by atoms with van der Waals surface area (Å²) in [7, 11) is 0. The Kier molecular flexibility index (Phi) is 4.67. The summed E-state index contributed by atoms with van der Waals surface area (Å²) in [6, 6.07) is 4.51. The highest BCUT2D eigenvalue weighted by atomic mass is 32.1. The fourth-order valence-corrected chi connectivity index (χ4v) is 4.35. The molecular formula is C15H19N3OS2. The van der Waals surface area contributed by atoms with Crippen molar-refractivity contribution in [3.05, 3.63) is 28.6 Å². The number of carbonyl (C=O) groups is 1. The van der Waals surface area contributed by atoms with E-state index in [0.717, 1.165) is 29.5 Å². The number of nitrogens with one attached hydrogen (secondary N) is 1. The zero-order chi connectivity index (χ0) is 14.7.